The third kappa shape index (κ3) is 10.1. The summed E-state index contributed by atoms with van der Waals surface area (Å²) in [6, 6.07) is -1.15. The van der Waals surface area contributed by atoms with E-state index in [4.69, 9.17) is 9.47 Å². The van der Waals surface area contributed by atoms with Gasteiger partial charge in [0.1, 0.15) is 19.1 Å². The molecule has 1 N–H and O–H groups in total. The van der Waals surface area contributed by atoms with E-state index in [2.05, 4.69) is 41.6 Å². The van der Waals surface area contributed by atoms with Gasteiger partial charge in [0.2, 0.25) is 5.91 Å². The zero-order valence-corrected chi connectivity index (χ0v) is 26.9. The maximum Gasteiger partial charge on any atom is 0.288 e. The van der Waals surface area contributed by atoms with Gasteiger partial charge in [0, 0.05) is 36.5 Å². The first-order valence-corrected chi connectivity index (χ1v) is 14.9. The van der Waals surface area contributed by atoms with E-state index in [1.165, 1.54) is 13.8 Å². The first-order chi connectivity index (χ1) is 20.9. The van der Waals surface area contributed by atoms with Crippen molar-refractivity contribution < 1.29 is 32.2 Å². The number of rotatable bonds is 14. The summed E-state index contributed by atoms with van der Waals surface area (Å²) in [5.41, 5.74) is 2.46. The highest BCUT2D eigenvalue weighted by Gasteiger charge is 2.31. The van der Waals surface area contributed by atoms with Crippen molar-refractivity contribution in [3.63, 3.8) is 0 Å². The molecule has 2 rings (SSSR count). The lowest BCUT2D eigenvalue weighted by Gasteiger charge is -2.30. The zero-order chi connectivity index (χ0) is 33.0. The van der Waals surface area contributed by atoms with Gasteiger partial charge in [-0.1, -0.05) is 52.2 Å². The lowest BCUT2D eigenvalue weighted by molar-refractivity contribution is -0.127. The Morgan fingerprint density at radius 3 is 2.59 bits per heavy atom. The van der Waals surface area contributed by atoms with Gasteiger partial charge in [-0.3, -0.25) is 14.6 Å². The average molecular weight is 639 g/mol. The van der Waals surface area contributed by atoms with Crippen molar-refractivity contribution in [2.45, 2.75) is 39.7 Å². The molecule has 2 aliphatic rings. The molecule has 0 radical (unpaired) electrons. The van der Waals surface area contributed by atoms with E-state index in [0.29, 0.717) is 18.8 Å². The van der Waals surface area contributed by atoms with Crippen LogP contribution in [0.25, 0.3) is 0 Å². The summed E-state index contributed by atoms with van der Waals surface area (Å²) < 4.78 is 53.6. The van der Waals surface area contributed by atoms with Gasteiger partial charge in [0.25, 0.3) is 5.91 Å². The topological polar surface area (TPSA) is 110 Å². The second kappa shape index (κ2) is 17.8. The largest absolute Gasteiger partial charge is 0.486 e. The molecule has 2 unspecified atom stereocenters. The van der Waals surface area contributed by atoms with E-state index in [-0.39, 0.29) is 30.0 Å². The van der Waals surface area contributed by atoms with Crippen molar-refractivity contribution >= 4 is 26.8 Å². The second-order valence-electron chi connectivity index (χ2n) is 10.9. The van der Waals surface area contributed by atoms with Gasteiger partial charge in [0.15, 0.2) is 11.6 Å². The number of hydrogen-bond donors (Lipinski definition) is 1. The van der Waals surface area contributed by atoms with E-state index in [1.807, 2.05) is 26.3 Å². The summed E-state index contributed by atoms with van der Waals surface area (Å²) in [4.78, 5) is 42.8. The molecule has 0 aromatic heterocycles. The van der Waals surface area contributed by atoms with Crippen molar-refractivity contribution in [2.75, 3.05) is 46.6 Å². The van der Waals surface area contributed by atoms with Gasteiger partial charge >= 0.3 is 0 Å². The van der Waals surface area contributed by atoms with Gasteiger partial charge in [0.05, 0.1) is 43.0 Å². The van der Waals surface area contributed by atoms with Crippen LogP contribution in [-0.4, -0.2) is 75.1 Å². The number of nitrogens with zero attached hydrogens (tertiary/aromatic N) is 3. The molecule has 44 heavy (non-hydrogen) atoms. The van der Waals surface area contributed by atoms with Gasteiger partial charge in [-0.05, 0) is 23.5 Å². The van der Waals surface area contributed by atoms with Crippen LogP contribution in [0.4, 0.5) is 13.2 Å². The Morgan fingerprint density at radius 2 is 2.00 bits per heavy atom. The van der Waals surface area contributed by atoms with E-state index < -0.39 is 66.8 Å². The number of nitroso groups, excluding NO2 is 1. The highest BCUT2D eigenvalue weighted by Crippen LogP contribution is 2.30. The first-order valence-electron chi connectivity index (χ1n) is 14.3. The fourth-order valence-electron chi connectivity index (χ4n) is 4.63. The first kappa shape index (κ1) is 36.8. The van der Waals surface area contributed by atoms with Crippen molar-refractivity contribution in [1.82, 2.24) is 10.2 Å². The average Bonchev–Trinajstić information content (AvgIpc) is 3.27. The molecule has 1 heterocycles. The van der Waals surface area contributed by atoms with Crippen LogP contribution >= 0.6 is 9.24 Å². The predicted octanol–water partition coefficient (Wildman–Crippen LogP) is 5.65. The van der Waals surface area contributed by atoms with E-state index >= 15 is 0 Å². The second-order valence-corrected chi connectivity index (χ2v) is 11.6. The number of allylic oxidation sites excluding steroid dienone is 7. The number of amides is 2. The highest BCUT2D eigenvalue weighted by molar-refractivity contribution is 7.22. The number of aliphatic imine (C=N–C) groups is 1. The minimum absolute atomic E-state index is 0.0461. The molecule has 0 saturated carbocycles. The van der Waals surface area contributed by atoms with Crippen molar-refractivity contribution in [3.05, 3.63) is 75.9 Å². The maximum atomic E-state index is 14.8. The van der Waals surface area contributed by atoms with E-state index in [0.717, 1.165) is 17.7 Å². The Morgan fingerprint density at radius 1 is 1.30 bits per heavy atom. The summed E-state index contributed by atoms with van der Waals surface area (Å²) in [5, 5.41) is 4.81. The monoisotopic (exact) mass is 638 g/mol. The fourth-order valence-corrected chi connectivity index (χ4v) is 4.84. The number of carbonyl (C=O) groups is 2. The molecular formula is C31H42F3N4O5P. The van der Waals surface area contributed by atoms with E-state index in [9.17, 15) is 27.7 Å². The summed E-state index contributed by atoms with van der Waals surface area (Å²) in [6.45, 7) is 12.4. The third-order valence-corrected chi connectivity index (χ3v) is 7.68. The minimum atomic E-state index is -1.37. The number of alkyl halides is 1. The molecule has 0 spiro atoms. The molecule has 242 valence electrons. The number of hydrogen-bond acceptors (Lipinski definition) is 7. The molecule has 2 amide bonds. The molecule has 1 saturated heterocycles. The summed E-state index contributed by atoms with van der Waals surface area (Å²) in [7, 11) is 3.65. The van der Waals surface area contributed by atoms with Gasteiger partial charge in [-0.2, -0.15) is 4.39 Å². The predicted molar refractivity (Wildman–Crippen MR) is 169 cm³/mol. The molecule has 4 atom stereocenters. The van der Waals surface area contributed by atoms with Gasteiger partial charge in [-0.25, -0.2) is 8.78 Å². The molecule has 1 aliphatic carbocycles. The normalized spacial score (nSPS) is 21.0. The Hall–Kier alpha value is -3.37. The lowest BCUT2D eigenvalue weighted by atomic mass is 9.88. The Bertz CT molecular complexity index is 1270. The molecular weight excluding hydrogens is 596 g/mol. The van der Waals surface area contributed by atoms with E-state index in [1.54, 1.807) is 7.05 Å². The van der Waals surface area contributed by atoms with Crippen LogP contribution in [0.1, 0.15) is 33.6 Å². The minimum Gasteiger partial charge on any atom is -0.486 e. The molecule has 1 fully saturated rings. The van der Waals surface area contributed by atoms with Crippen LogP contribution in [0.15, 0.2) is 81.1 Å². The molecule has 9 nitrogen and oxygen atoms in total. The lowest BCUT2D eigenvalue weighted by Crippen LogP contribution is -2.45. The summed E-state index contributed by atoms with van der Waals surface area (Å²) >= 11 is 0. The van der Waals surface area contributed by atoms with Crippen LogP contribution in [0.5, 0.6) is 0 Å². The van der Waals surface area contributed by atoms with Gasteiger partial charge in [-0.15, -0.1) is 14.1 Å². The molecule has 1 aliphatic heterocycles. The molecule has 0 aromatic carbocycles. The standard InChI is InChI=1S/C31H42F3N4O5P/c1-18(2)27(33)28(34)30(25(44)14-32)43-16-20(4)24(13-26(39)37-41)36-31(40)22-15-38(11-12-42-17-22)21(5)29(35-6)23-10-8-7-9-19(23)3/h7-8,10,18-19,22,24H,4-5,9,11-17,44H2,1-3,6H3,(H,36,40)/b28-27-,30-25-,35-29?/t19?,22-,24+/m1/s1. The van der Waals surface area contributed by atoms with Gasteiger partial charge < -0.3 is 19.7 Å². The zero-order valence-electron chi connectivity index (χ0n) is 25.7. The Labute approximate surface area is 259 Å². The molecule has 13 heteroatoms. The molecule has 0 bridgehead atoms. The number of nitrogens with one attached hydrogen (secondary N) is 1. The smallest absolute Gasteiger partial charge is 0.288 e. The van der Waals surface area contributed by atoms with Crippen LogP contribution in [-0.2, 0) is 19.1 Å². The fraction of sp³-hybridized carbons (Fsp3) is 0.516. The van der Waals surface area contributed by atoms with Crippen molar-refractivity contribution in [2.24, 2.45) is 27.9 Å². The Balaban J connectivity index is 2.23. The number of ether oxygens (including phenoxy) is 2. The maximum absolute atomic E-state index is 14.8. The van der Waals surface area contributed by atoms with Crippen molar-refractivity contribution in [1.29, 1.82) is 0 Å². The Kier molecular flexibility index (Phi) is 14.9. The van der Waals surface area contributed by atoms with Crippen LogP contribution in [0.3, 0.4) is 0 Å². The third-order valence-electron chi connectivity index (χ3n) is 7.26. The summed E-state index contributed by atoms with van der Waals surface area (Å²) in [5.74, 6) is -6.07. The highest BCUT2D eigenvalue weighted by atomic mass is 31.0. The number of carbonyl (C=O) groups excluding carboxylic acids is 2. The SMILES string of the molecule is C=C(COC(=C(\P)CF)/C(F)=C(/F)C(C)C)[C@H](CC(=O)N=O)NC(=O)[C@H]1COCCN(C(=C)C(=NC)C2=CC=CCC2C)C1. The van der Waals surface area contributed by atoms with Crippen molar-refractivity contribution in [3.8, 4) is 0 Å². The molecule has 0 aromatic rings. The van der Waals surface area contributed by atoms with Crippen LogP contribution in [0.2, 0.25) is 0 Å². The summed E-state index contributed by atoms with van der Waals surface area (Å²) in [6.07, 6.45) is 6.38. The number of halogens is 3. The van der Waals surface area contributed by atoms with Crippen LogP contribution in [0, 0.1) is 22.7 Å². The van der Waals surface area contributed by atoms with Crippen LogP contribution < -0.4 is 5.32 Å². The quantitative estimate of drug-likeness (QED) is 0.0659.